The maximum absolute atomic E-state index is 12.8. The van der Waals surface area contributed by atoms with Crippen molar-refractivity contribution in [2.75, 3.05) is 31.1 Å². The van der Waals surface area contributed by atoms with Crippen LogP contribution in [0, 0.1) is 20.8 Å². The third kappa shape index (κ3) is 3.62. The van der Waals surface area contributed by atoms with Crippen molar-refractivity contribution in [3.05, 3.63) is 41.6 Å². The highest BCUT2D eigenvalue weighted by Gasteiger charge is 2.31. The first-order valence-electron chi connectivity index (χ1n) is 9.38. The monoisotopic (exact) mass is 416 g/mol. The summed E-state index contributed by atoms with van der Waals surface area (Å²) in [6.07, 6.45) is 1.56. The molecule has 11 heteroatoms. The third-order valence-corrected chi connectivity index (χ3v) is 6.89. The van der Waals surface area contributed by atoms with E-state index in [9.17, 15) is 8.42 Å². The Hall–Kier alpha value is -2.79. The van der Waals surface area contributed by atoms with Gasteiger partial charge in [-0.1, -0.05) is 0 Å². The van der Waals surface area contributed by atoms with Crippen molar-refractivity contribution in [3.8, 4) is 5.82 Å². The average Bonchev–Trinajstić information content (AvgIpc) is 3.23. The number of rotatable bonds is 4. The van der Waals surface area contributed by atoms with Crippen molar-refractivity contribution in [1.82, 2.24) is 33.8 Å². The largest absolute Gasteiger partial charge is 0.352 e. The van der Waals surface area contributed by atoms with E-state index in [1.807, 2.05) is 36.9 Å². The van der Waals surface area contributed by atoms with E-state index < -0.39 is 10.0 Å². The predicted octanol–water partition coefficient (Wildman–Crippen LogP) is 0.832. The number of piperazine rings is 1. The Balaban J connectivity index is 1.45. The average molecular weight is 417 g/mol. The van der Waals surface area contributed by atoms with Crippen LogP contribution in [0.2, 0.25) is 0 Å². The van der Waals surface area contributed by atoms with Crippen LogP contribution in [0.5, 0.6) is 0 Å². The first-order chi connectivity index (χ1) is 13.8. The predicted molar refractivity (Wildman–Crippen MR) is 108 cm³/mol. The number of anilines is 1. The molecule has 4 heterocycles. The second-order valence-electron chi connectivity index (χ2n) is 7.22. The molecule has 1 fully saturated rings. The summed E-state index contributed by atoms with van der Waals surface area (Å²) in [5.74, 6) is 2.05. The second kappa shape index (κ2) is 7.23. The van der Waals surface area contributed by atoms with Gasteiger partial charge in [0.2, 0.25) is 0 Å². The number of imidazole rings is 1. The fourth-order valence-electron chi connectivity index (χ4n) is 3.40. The fraction of sp³-hybridized carbons (Fsp3) is 0.444. The van der Waals surface area contributed by atoms with Gasteiger partial charge in [-0.2, -0.15) is 9.40 Å². The maximum atomic E-state index is 12.8. The second-order valence-corrected chi connectivity index (χ2v) is 9.10. The van der Waals surface area contributed by atoms with Crippen LogP contribution < -0.4 is 4.90 Å². The van der Waals surface area contributed by atoms with Gasteiger partial charge in [0, 0.05) is 45.1 Å². The summed E-state index contributed by atoms with van der Waals surface area (Å²) < 4.78 is 30.6. The Morgan fingerprint density at radius 2 is 1.62 bits per heavy atom. The molecule has 0 N–H and O–H groups in total. The highest BCUT2D eigenvalue weighted by Crippen LogP contribution is 2.20. The van der Waals surface area contributed by atoms with Gasteiger partial charge in [0.15, 0.2) is 16.7 Å². The van der Waals surface area contributed by atoms with Crippen molar-refractivity contribution in [1.29, 1.82) is 0 Å². The van der Waals surface area contributed by atoms with Crippen LogP contribution in [0.1, 0.15) is 17.2 Å². The fourth-order valence-corrected chi connectivity index (χ4v) is 4.85. The van der Waals surface area contributed by atoms with E-state index in [0.717, 1.165) is 17.2 Å². The normalized spacial score (nSPS) is 15.8. The van der Waals surface area contributed by atoms with Crippen LogP contribution in [-0.2, 0) is 17.1 Å². The van der Waals surface area contributed by atoms with Gasteiger partial charge >= 0.3 is 0 Å². The molecular weight excluding hydrogens is 392 g/mol. The van der Waals surface area contributed by atoms with Gasteiger partial charge in [0.25, 0.3) is 10.0 Å². The first kappa shape index (κ1) is 19.5. The zero-order valence-electron chi connectivity index (χ0n) is 16.9. The summed E-state index contributed by atoms with van der Waals surface area (Å²) in [7, 11) is -1.80. The van der Waals surface area contributed by atoms with Gasteiger partial charge < -0.3 is 9.47 Å². The lowest BCUT2D eigenvalue weighted by Gasteiger charge is -2.33. The van der Waals surface area contributed by atoms with Gasteiger partial charge in [-0.3, -0.25) is 0 Å². The highest BCUT2D eigenvalue weighted by atomic mass is 32.2. The molecule has 154 valence electrons. The Bertz CT molecular complexity index is 1110. The summed E-state index contributed by atoms with van der Waals surface area (Å²) >= 11 is 0. The van der Waals surface area contributed by atoms with E-state index in [1.165, 1.54) is 4.31 Å². The van der Waals surface area contributed by atoms with E-state index in [2.05, 4.69) is 20.3 Å². The van der Waals surface area contributed by atoms with Crippen LogP contribution in [0.3, 0.4) is 0 Å². The van der Waals surface area contributed by atoms with E-state index >= 15 is 0 Å². The number of sulfonamides is 1. The SMILES string of the molecule is Cc1cc(C)n(-c2ccc(N3CCN(S(=O)(=O)c4cn(C)c(C)n4)CC3)nn2)n1. The van der Waals surface area contributed by atoms with Crippen molar-refractivity contribution in [2.24, 2.45) is 7.05 Å². The Kier molecular flexibility index (Phi) is 4.87. The Morgan fingerprint density at radius 1 is 0.966 bits per heavy atom. The molecule has 3 aromatic rings. The van der Waals surface area contributed by atoms with Crippen molar-refractivity contribution >= 4 is 15.8 Å². The number of nitrogens with zero attached hydrogens (tertiary/aromatic N) is 8. The van der Waals surface area contributed by atoms with Gasteiger partial charge in [-0.25, -0.2) is 18.1 Å². The summed E-state index contributed by atoms with van der Waals surface area (Å²) in [5, 5.41) is 13.1. The first-order valence-corrected chi connectivity index (χ1v) is 10.8. The van der Waals surface area contributed by atoms with Crippen molar-refractivity contribution in [3.63, 3.8) is 0 Å². The lowest BCUT2D eigenvalue weighted by molar-refractivity contribution is 0.382. The van der Waals surface area contributed by atoms with Gasteiger partial charge in [-0.15, -0.1) is 10.2 Å². The number of aryl methyl sites for hydroxylation is 4. The smallest absolute Gasteiger partial charge is 0.262 e. The van der Waals surface area contributed by atoms with Crippen LogP contribution in [0.15, 0.2) is 29.4 Å². The molecule has 0 amide bonds. The molecule has 1 aliphatic heterocycles. The molecule has 1 saturated heterocycles. The van der Waals surface area contributed by atoms with E-state index in [1.54, 1.807) is 29.4 Å². The lowest BCUT2D eigenvalue weighted by atomic mass is 10.3. The van der Waals surface area contributed by atoms with Crippen LogP contribution in [0.4, 0.5) is 5.82 Å². The van der Waals surface area contributed by atoms with Gasteiger partial charge in [0.1, 0.15) is 5.82 Å². The van der Waals surface area contributed by atoms with Crippen LogP contribution in [0.25, 0.3) is 5.82 Å². The summed E-state index contributed by atoms with van der Waals surface area (Å²) in [5.41, 5.74) is 1.92. The molecule has 0 unspecified atom stereocenters. The summed E-state index contributed by atoms with van der Waals surface area (Å²) in [4.78, 5) is 6.21. The molecule has 0 aromatic carbocycles. The number of hydrogen-bond acceptors (Lipinski definition) is 7. The van der Waals surface area contributed by atoms with Crippen LogP contribution >= 0.6 is 0 Å². The molecule has 29 heavy (non-hydrogen) atoms. The third-order valence-electron chi connectivity index (χ3n) is 5.12. The summed E-state index contributed by atoms with van der Waals surface area (Å²) in [6.45, 7) is 7.52. The molecule has 3 aromatic heterocycles. The molecular formula is C18H24N8O2S. The lowest BCUT2D eigenvalue weighted by Crippen LogP contribution is -2.49. The maximum Gasteiger partial charge on any atom is 0.262 e. The summed E-state index contributed by atoms with van der Waals surface area (Å²) in [6, 6.07) is 5.75. The highest BCUT2D eigenvalue weighted by molar-refractivity contribution is 7.89. The minimum Gasteiger partial charge on any atom is -0.352 e. The van der Waals surface area contributed by atoms with Gasteiger partial charge in [-0.05, 0) is 39.0 Å². The van der Waals surface area contributed by atoms with E-state index in [0.29, 0.717) is 37.8 Å². The number of aromatic nitrogens is 6. The van der Waals surface area contributed by atoms with Crippen molar-refractivity contribution in [2.45, 2.75) is 25.8 Å². The minimum atomic E-state index is -3.59. The molecule has 0 atom stereocenters. The number of hydrogen-bond donors (Lipinski definition) is 0. The quantitative estimate of drug-likeness (QED) is 0.621. The van der Waals surface area contributed by atoms with E-state index in [-0.39, 0.29) is 5.03 Å². The zero-order chi connectivity index (χ0) is 20.8. The molecule has 0 spiro atoms. The standard InChI is InChI=1S/C18H24N8O2S/c1-13-11-14(2)26(22-13)17-6-5-16(20-21-17)24-7-9-25(10-8-24)29(27,28)18-12-23(4)15(3)19-18/h5-6,11-12H,7-10H2,1-4H3. The molecule has 0 aliphatic carbocycles. The Labute approximate surface area is 169 Å². The molecule has 0 bridgehead atoms. The molecule has 0 saturated carbocycles. The molecule has 0 radical (unpaired) electrons. The van der Waals surface area contributed by atoms with Crippen LogP contribution in [-0.4, -0.2) is 68.4 Å². The van der Waals surface area contributed by atoms with Gasteiger partial charge in [0.05, 0.1) is 5.69 Å². The molecule has 10 nitrogen and oxygen atoms in total. The zero-order valence-corrected chi connectivity index (χ0v) is 17.8. The topological polar surface area (TPSA) is 102 Å². The molecule has 1 aliphatic rings. The minimum absolute atomic E-state index is 0.0972. The van der Waals surface area contributed by atoms with E-state index in [4.69, 9.17) is 0 Å². The van der Waals surface area contributed by atoms with Crippen molar-refractivity contribution < 1.29 is 8.42 Å². The Morgan fingerprint density at radius 3 is 2.14 bits per heavy atom. The molecule has 4 rings (SSSR count).